The Morgan fingerprint density at radius 3 is 1.05 bits per heavy atom. The van der Waals surface area contributed by atoms with Crippen LogP contribution >= 0.6 is 0 Å². The van der Waals surface area contributed by atoms with Gasteiger partial charge in [-0.1, -0.05) is 52.0 Å². The average Bonchev–Trinajstić information content (AvgIpc) is 3.13. The van der Waals surface area contributed by atoms with Gasteiger partial charge in [0.15, 0.2) is 0 Å². The van der Waals surface area contributed by atoms with E-state index < -0.39 is 31.1 Å². The molecule has 0 saturated heterocycles. The quantitative estimate of drug-likeness (QED) is 0.0533. The summed E-state index contributed by atoms with van der Waals surface area (Å²) in [5.41, 5.74) is 0.483. The molecule has 0 amide bonds. The van der Waals surface area contributed by atoms with Crippen LogP contribution in [0.4, 0.5) is 0 Å². The van der Waals surface area contributed by atoms with Crippen LogP contribution in [0.5, 0.6) is 0 Å². The van der Waals surface area contributed by atoms with Crippen molar-refractivity contribution >= 4 is 71.6 Å². The second-order valence-electron chi connectivity index (χ2n) is 13.9. The summed E-state index contributed by atoms with van der Waals surface area (Å²) in [7, 11) is -7.47. The van der Waals surface area contributed by atoms with Crippen molar-refractivity contribution in [2.24, 2.45) is 0 Å². The van der Waals surface area contributed by atoms with E-state index in [1.165, 1.54) is 0 Å². The summed E-state index contributed by atoms with van der Waals surface area (Å²) in [5.74, 6) is -0.203. The first-order chi connectivity index (χ1) is 25.7. The zero-order valence-electron chi connectivity index (χ0n) is 33.8. The van der Waals surface area contributed by atoms with Gasteiger partial charge < -0.3 is 37.9 Å². The number of benzene rings is 1. The second-order valence-corrected chi connectivity index (χ2v) is 17.4. The molecule has 0 radical (unpaired) electrons. The number of unbranched alkanes of at least 4 members (excludes halogenated alkanes) is 2. The zero-order chi connectivity index (χ0) is 40.0. The predicted molar refractivity (Wildman–Crippen MR) is 215 cm³/mol. The predicted octanol–water partition coefficient (Wildman–Crippen LogP) is 4.02. The molecule has 0 N–H and O–H groups in total. The molecule has 1 aromatic carbocycles. The summed E-state index contributed by atoms with van der Waals surface area (Å²) in [6.07, 6.45) is 2.00. The van der Waals surface area contributed by atoms with Gasteiger partial charge in [-0.25, -0.2) is 0 Å². The van der Waals surface area contributed by atoms with E-state index in [0.717, 1.165) is 11.1 Å². The fraction of sp³-hybridized carbons (Fsp3) is 0.842. The van der Waals surface area contributed by atoms with E-state index in [0.29, 0.717) is 131 Å². The Morgan fingerprint density at radius 1 is 0.455 bits per heavy atom. The van der Waals surface area contributed by atoms with Crippen molar-refractivity contribution in [1.82, 2.24) is 0 Å². The number of rotatable bonds is 38. The van der Waals surface area contributed by atoms with Gasteiger partial charge in [0.25, 0.3) is 20.2 Å². The standard InChI is InChI=1S/C38H70O14S2.K.H/c1-7-43-18-20-47-26-28-49-24-22-45-16-9-11-30-53(39,40)51-33-37(3,4)35-14-13-15-36(32-35)38(5,6)34-52-54(41,42)31-12-10-17-46-23-25-50-29-27-48-21-19-44-8-2;;/h13-15,32H,7-12,16-31,33-34H2,1-6H3;;. The molecule has 0 aliphatic heterocycles. The van der Waals surface area contributed by atoms with Crippen LogP contribution in [0.25, 0.3) is 0 Å². The van der Waals surface area contributed by atoms with Crippen LogP contribution in [0, 0.1) is 0 Å². The van der Waals surface area contributed by atoms with E-state index in [9.17, 15) is 16.8 Å². The molecule has 0 unspecified atom stereocenters. The van der Waals surface area contributed by atoms with Crippen molar-refractivity contribution in [2.75, 3.05) is 130 Å². The van der Waals surface area contributed by atoms with E-state index in [2.05, 4.69) is 0 Å². The second kappa shape index (κ2) is 33.1. The summed E-state index contributed by atoms with van der Waals surface area (Å²) >= 11 is 0. The third-order valence-corrected chi connectivity index (χ3v) is 10.7. The van der Waals surface area contributed by atoms with Crippen molar-refractivity contribution < 1.29 is 63.1 Å². The molecule has 1 aromatic rings. The third kappa shape index (κ3) is 30.1. The van der Waals surface area contributed by atoms with Crippen LogP contribution in [-0.2, 0) is 77.3 Å². The Balaban J connectivity index is 0.0000292. The van der Waals surface area contributed by atoms with Gasteiger partial charge in [0, 0.05) is 37.3 Å². The summed E-state index contributed by atoms with van der Waals surface area (Å²) in [4.78, 5) is 0. The fourth-order valence-corrected chi connectivity index (χ4v) is 6.99. The van der Waals surface area contributed by atoms with Crippen molar-refractivity contribution in [3.05, 3.63) is 35.4 Å². The molecular formula is C38H71KO14S2. The molecule has 17 heteroatoms. The maximum absolute atomic E-state index is 12.7. The molecule has 0 aliphatic carbocycles. The Labute approximate surface area is 375 Å². The summed E-state index contributed by atoms with van der Waals surface area (Å²) in [5, 5.41) is 0. The molecular weight excluding hydrogens is 784 g/mol. The summed E-state index contributed by atoms with van der Waals surface area (Å²) in [6.45, 7) is 19.6. The van der Waals surface area contributed by atoms with E-state index in [1.54, 1.807) is 0 Å². The average molecular weight is 855 g/mol. The normalized spacial score (nSPS) is 12.6. The van der Waals surface area contributed by atoms with Crippen LogP contribution < -0.4 is 0 Å². The molecule has 0 aliphatic rings. The minimum atomic E-state index is -3.74. The molecule has 0 bridgehead atoms. The molecule has 0 heterocycles. The van der Waals surface area contributed by atoms with Gasteiger partial charge in [0.2, 0.25) is 0 Å². The molecule has 0 saturated carbocycles. The van der Waals surface area contributed by atoms with Crippen molar-refractivity contribution in [3.8, 4) is 0 Å². The van der Waals surface area contributed by atoms with E-state index in [4.69, 9.17) is 46.3 Å². The van der Waals surface area contributed by atoms with Crippen molar-refractivity contribution in [2.45, 2.75) is 78.1 Å². The summed E-state index contributed by atoms with van der Waals surface area (Å²) < 4.78 is 105. The molecule has 0 spiro atoms. The Bertz CT molecular complexity index is 1190. The van der Waals surface area contributed by atoms with Crippen LogP contribution in [0.15, 0.2) is 24.3 Å². The zero-order valence-corrected chi connectivity index (χ0v) is 35.4. The number of hydrogen-bond acceptors (Lipinski definition) is 14. The van der Waals surface area contributed by atoms with Crippen LogP contribution in [-0.4, -0.2) is 199 Å². The molecule has 0 fully saturated rings. The fourth-order valence-electron chi connectivity index (χ4n) is 4.69. The first-order valence-electron chi connectivity index (χ1n) is 19.2. The Hall–Kier alpha value is 0.356. The topological polar surface area (TPSA) is 161 Å². The third-order valence-electron chi connectivity index (χ3n) is 8.13. The first-order valence-corrected chi connectivity index (χ1v) is 22.4. The van der Waals surface area contributed by atoms with Gasteiger partial charge in [-0.15, -0.1) is 0 Å². The number of hydrogen-bond donors (Lipinski definition) is 0. The minimum absolute atomic E-state index is 0. The van der Waals surface area contributed by atoms with E-state index >= 15 is 0 Å². The van der Waals surface area contributed by atoms with E-state index in [-0.39, 0.29) is 76.1 Å². The number of ether oxygens (including phenoxy) is 8. The molecule has 0 aromatic heterocycles. The molecule has 0 atom stereocenters. The van der Waals surface area contributed by atoms with Crippen LogP contribution in [0.1, 0.15) is 78.4 Å². The van der Waals surface area contributed by atoms with Gasteiger partial charge in [-0.3, -0.25) is 8.37 Å². The Morgan fingerprint density at radius 2 is 0.745 bits per heavy atom. The van der Waals surface area contributed by atoms with Crippen molar-refractivity contribution in [1.29, 1.82) is 0 Å². The Kier molecular flexibility index (Phi) is 33.3. The first kappa shape index (κ1) is 55.4. The SMILES string of the molecule is CCOCCOCCOCCOCCCCS(=O)(=O)OCC(C)(C)c1cccc(C(C)(C)COS(=O)(=O)CCCCOCCOCCOCCOCC)c1.[KH]. The van der Waals surface area contributed by atoms with Crippen LogP contribution in [0.3, 0.4) is 0 Å². The molecule has 14 nitrogen and oxygen atoms in total. The van der Waals surface area contributed by atoms with Gasteiger partial charge in [0.05, 0.1) is 104 Å². The van der Waals surface area contributed by atoms with Crippen LogP contribution in [0.2, 0.25) is 0 Å². The van der Waals surface area contributed by atoms with Gasteiger partial charge in [-0.2, -0.15) is 16.8 Å². The summed E-state index contributed by atoms with van der Waals surface area (Å²) in [6, 6.07) is 7.66. The van der Waals surface area contributed by atoms with Gasteiger partial charge in [-0.05, 0) is 50.7 Å². The van der Waals surface area contributed by atoms with E-state index in [1.807, 2.05) is 65.8 Å². The molecule has 1 rings (SSSR count). The van der Waals surface area contributed by atoms with Gasteiger partial charge >= 0.3 is 51.4 Å². The molecule has 320 valence electrons. The van der Waals surface area contributed by atoms with Crippen molar-refractivity contribution in [3.63, 3.8) is 0 Å². The van der Waals surface area contributed by atoms with Gasteiger partial charge in [0.1, 0.15) is 0 Å². The maximum atomic E-state index is 12.7. The monoisotopic (exact) mass is 854 g/mol. The molecule has 55 heavy (non-hydrogen) atoms.